The number of piperidine rings is 1. The molecular weight excluding hydrogens is 353 g/mol. The molecule has 1 amide bonds. The first-order valence-corrected chi connectivity index (χ1v) is 8.16. The highest BCUT2D eigenvalue weighted by molar-refractivity contribution is 5.85. The third-order valence-corrected chi connectivity index (χ3v) is 4.66. The molecule has 1 saturated heterocycles. The van der Waals surface area contributed by atoms with Gasteiger partial charge in [0.15, 0.2) is 5.89 Å². The van der Waals surface area contributed by atoms with Crippen LogP contribution < -0.4 is 0 Å². The van der Waals surface area contributed by atoms with E-state index in [2.05, 4.69) is 10.1 Å². The molecule has 2 aromatic rings. The zero-order valence-corrected chi connectivity index (χ0v) is 14.3. The second-order valence-corrected chi connectivity index (χ2v) is 6.52. The monoisotopic (exact) mass is 372 g/mol. The van der Waals surface area contributed by atoms with Crippen LogP contribution in [0.3, 0.4) is 0 Å². The number of oxazole rings is 1. The summed E-state index contributed by atoms with van der Waals surface area (Å²) in [4.78, 5) is 17.2. The molecule has 1 N–H and O–H groups in total. The molecule has 0 aliphatic carbocycles. The van der Waals surface area contributed by atoms with E-state index in [1.54, 1.807) is 24.0 Å². The smallest absolute Gasteiger partial charge is 0.423 e. The molecule has 0 bridgehead atoms. The van der Waals surface area contributed by atoms with Crippen LogP contribution in [0.15, 0.2) is 22.9 Å². The van der Waals surface area contributed by atoms with E-state index in [0.29, 0.717) is 31.5 Å². The number of likely N-dealkylation sites (tertiary alicyclic amines) is 1. The molecule has 10 heteroatoms. The number of aryl methyl sites for hydroxylation is 1. The van der Waals surface area contributed by atoms with Gasteiger partial charge in [0.25, 0.3) is 5.91 Å². The van der Waals surface area contributed by atoms with Crippen LogP contribution in [0.25, 0.3) is 5.88 Å². The largest absolute Gasteiger partial charge is 0.426 e. The van der Waals surface area contributed by atoms with Gasteiger partial charge in [-0.1, -0.05) is 0 Å². The molecule has 2 aromatic heterocycles. The molecule has 1 aliphatic rings. The van der Waals surface area contributed by atoms with E-state index in [0.717, 1.165) is 10.6 Å². The average Bonchev–Trinajstić information content (AvgIpc) is 3.21. The maximum atomic E-state index is 12.9. The first kappa shape index (κ1) is 18.4. The van der Waals surface area contributed by atoms with Crippen molar-refractivity contribution < 1.29 is 27.5 Å². The van der Waals surface area contributed by atoms with Gasteiger partial charge in [-0.25, -0.2) is 9.67 Å². The number of aliphatic hydroxyl groups is 1. The Balaban J connectivity index is 1.70. The second kappa shape index (κ2) is 6.42. The Labute approximate surface area is 147 Å². The van der Waals surface area contributed by atoms with E-state index in [9.17, 15) is 23.1 Å². The lowest BCUT2D eigenvalue weighted by atomic mass is 9.92. The molecule has 1 aliphatic heterocycles. The molecule has 3 rings (SSSR count). The lowest BCUT2D eigenvalue weighted by Gasteiger charge is -2.36. The first-order chi connectivity index (χ1) is 12.1. The summed E-state index contributed by atoms with van der Waals surface area (Å²) < 4.78 is 45.6. The highest BCUT2D eigenvalue weighted by atomic mass is 19.4. The molecule has 1 atom stereocenters. The van der Waals surface area contributed by atoms with Crippen molar-refractivity contribution >= 4 is 5.91 Å². The van der Waals surface area contributed by atoms with Crippen LogP contribution in [0.5, 0.6) is 0 Å². The van der Waals surface area contributed by atoms with Gasteiger partial charge < -0.3 is 14.4 Å². The molecule has 1 fully saturated rings. The number of rotatable bonds is 3. The molecule has 0 radical (unpaired) electrons. The summed E-state index contributed by atoms with van der Waals surface area (Å²) >= 11 is 0. The number of carbonyl (C=O) groups excluding carboxylic acids is 1. The summed E-state index contributed by atoms with van der Waals surface area (Å²) in [7, 11) is 0. The van der Waals surface area contributed by atoms with E-state index in [1.165, 1.54) is 0 Å². The van der Waals surface area contributed by atoms with Crippen molar-refractivity contribution in [3.8, 4) is 5.88 Å². The predicted molar refractivity (Wildman–Crippen MR) is 83.6 cm³/mol. The summed E-state index contributed by atoms with van der Waals surface area (Å²) in [5.41, 5.74) is -2.53. The highest BCUT2D eigenvalue weighted by Crippen LogP contribution is 2.34. The van der Waals surface area contributed by atoms with Crippen molar-refractivity contribution in [3.63, 3.8) is 0 Å². The van der Waals surface area contributed by atoms with Crippen molar-refractivity contribution in [2.45, 2.75) is 44.4 Å². The molecule has 0 spiro atoms. The number of amides is 1. The fourth-order valence-electron chi connectivity index (χ4n) is 3.06. The van der Waals surface area contributed by atoms with Crippen LogP contribution >= 0.6 is 0 Å². The lowest BCUT2D eigenvalue weighted by Crippen LogP contribution is -2.57. The number of alkyl halides is 3. The van der Waals surface area contributed by atoms with Gasteiger partial charge in [0.1, 0.15) is 0 Å². The molecule has 0 aromatic carbocycles. The number of aromatic nitrogens is 3. The first-order valence-electron chi connectivity index (χ1n) is 8.16. The molecule has 7 nitrogen and oxygen atoms in total. The van der Waals surface area contributed by atoms with E-state index in [4.69, 9.17) is 4.42 Å². The summed E-state index contributed by atoms with van der Waals surface area (Å²) in [6, 6.07) is 1.81. The van der Waals surface area contributed by atoms with Gasteiger partial charge in [0, 0.05) is 32.1 Å². The SMILES string of the molecule is Cc1ncc(-n2nccc2C2CCN(C(=O)[C@@](C)(O)C(F)(F)F)CC2)o1. The van der Waals surface area contributed by atoms with Crippen molar-refractivity contribution in [1.82, 2.24) is 19.7 Å². The minimum atomic E-state index is -5.01. The number of hydrogen-bond donors (Lipinski definition) is 1. The standard InChI is InChI=1S/C16H19F3N4O3/c1-10-20-9-13(26-10)23-12(3-6-21-23)11-4-7-22(8-5-11)14(24)15(2,25)16(17,18)19/h3,6,9,11,25H,4-5,7-8H2,1-2H3/t15-/m1/s1. The van der Waals surface area contributed by atoms with Crippen molar-refractivity contribution in [2.24, 2.45) is 0 Å². The van der Waals surface area contributed by atoms with Crippen LogP contribution in [0, 0.1) is 6.92 Å². The Hall–Kier alpha value is -2.36. The maximum absolute atomic E-state index is 12.9. The van der Waals surface area contributed by atoms with Gasteiger partial charge in [-0.05, 0) is 25.8 Å². The maximum Gasteiger partial charge on any atom is 0.426 e. The molecular formula is C16H19F3N4O3. The van der Waals surface area contributed by atoms with Gasteiger partial charge in [-0.3, -0.25) is 4.79 Å². The predicted octanol–water partition coefficient (Wildman–Crippen LogP) is 2.19. The summed E-state index contributed by atoms with van der Waals surface area (Å²) in [6.45, 7) is 2.44. The minimum absolute atomic E-state index is 0.00259. The van der Waals surface area contributed by atoms with Crippen LogP contribution in [-0.2, 0) is 4.79 Å². The van der Waals surface area contributed by atoms with Gasteiger partial charge in [0.05, 0.1) is 11.9 Å². The Kier molecular flexibility index (Phi) is 4.55. The number of hydrogen-bond acceptors (Lipinski definition) is 5. The van der Waals surface area contributed by atoms with Crippen molar-refractivity contribution in [2.75, 3.05) is 13.1 Å². The zero-order valence-electron chi connectivity index (χ0n) is 14.3. The Morgan fingerprint density at radius 2 is 2.00 bits per heavy atom. The Bertz CT molecular complexity index is 789. The Morgan fingerprint density at radius 1 is 1.35 bits per heavy atom. The molecule has 0 unspecified atom stereocenters. The van der Waals surface area contributed by atoms with E-state index in [-0.39, 0.29) is 19.0 Å². The summed E-state index contributed by atoms with van der Waals surface area (Å²) in [6.07, 6.45) is -0.940. The van der Waals surface area contributed by atoms with Crippen molar-refractivity contribution in [3.05, 3.63) is 30.0 Å². The van der Waals surface area contributed by atoms with Crippen LogP contribution in [0.4, 0.5) is 13.2 Å². The van der Waals surface area contributed by atoms with Gasteiger partial charge in [-0.15, -0.1) is 0 Å². The fraction of sp³-hybridized carbons (Fsp3) is 0.562. The Morgan fingerprint density at radius 3 is 2.54 bits per heavy atom. The lowest BCUT2D eigenvalue weighted by molar-refractivity contribution is -0.250. The quantitative estimate of drug-likeness (QED) is 0.893. The number of carbonyl (C=O) groups is 1. The molecule has 142 valence electrons. The van der Waals surface area contributed by atoms with Gasteiger partial charge in [-0.2, -0.15) is 18.3 Å². The van der Waals surface area contributed by atoms with Crippen LogP contribution in [0.2, 0.25) is 0 Å². The van der Waals surface area contributed by atoms with Gasteiger partial charge >= 0.3 is 6.18 Å². The van der Waals surface area contributed by atoms with Crippen LogP contribution in [-0.4, -0.2) is 55.5 Å². The topological polar surface area (TPSA) is 84.4 Å². The van der Waals surface area contributed by atoms with Crippen molar-refractivity contribution in [1.29, 1.82) is 0 Å². The number of halogens is 3. The third kappa shape index (κ3) is 3.20. The fourth-order valence-corrected chi connectivity index (χ4v) is 3.06. The van der Waals surface area contributed by atoms with E-state index >= 15 is 0 Å². The molecule has 0 saturated carbocycles. The highest BCUT2D eigenvalue weighted by Gasteiger charge is 2.57. The number of nitrogens with zero attached hydrogens (tertiary/aromatic N) is 4. The van der Waals surface area contributed by atoms with E-state index in [1.807, 2.05) is 6.07 Å². The van der Waals surface area contributed by atoms with Crippen LogP contribution in [0.1, 0.15) is 37.3 Å². The normalized spacial score (nSPS) is 18.8. The summed E-state index contributed by atoms with van der Waals surface area (Å²) in [5.74, 6) is -0.358. The summed E-state index contributed by atoms with van der Waals surface area (Å²) in [5, 5.41) is 13.8. The minimum Gasteiger partial charge on any atom is -0.423 e. The molecule has 26 heavy (non-hydrogen) atoms. The van der Waals surface area contributed by atoms with Gasteiger partial charge in [0.2, 0.25) is 11.5 Å². The second-order valence-electron chi connectivity index (χ2n) is 6.52. The zero-order chi connectivity index (χ0) is 19.1. The average molecular weight is 372 g/mol. The molecule has 3 heterocycles. The van der Waals surface area contributed by atoms with E-state index < -0.39 is 17.7 Å². The third-order valence-electron chi connectivity index (χ3n) is 4.66.